The summed E-state index contributed by atoms with van der Waals surface area (Å²) < 4.78 is 5.36. The van der Waals surface area contributed by atoms with Crippen LogP contribution in [-0.4, -0.2) is 39.1 Å². The maximum absolute atomic E-state index is 13.2. The molecule has 0 aliphatic carbocycles. The highest BCUT2D eigenvalue weighted by molar-refractivity contribution is 6.32. The van der Waals surface area contributed by atoms with Gasteiger partial charge in [-0.2, -0.15) is 4.98 Å². The molecular weight excluding hydrogens is 528 g/mol. The molecule has 1 aromatic carbocycles. The van der Waals surface area contributed by atoms with Crippen molar-refractivity contribution in [2.75, 3.05) is 33.9 Å². The lowest BCUT2D eigenvalue weighted by Gasteiger charge is -2.31. The van der Waals surface area contributed by atoms with E-state index in [1.54, 1.807) is 12.4 Å². The summed E-state index contributed by atoms with van der Waals surface area (Å²) in [7, 11) is 0. The zero-order valence-corrected chi connectivity index (χ0v) is 23.0. The predicted molar refractivity (Wildman–Crippen MR) is 156 cm³/mol. The first-order valence-electron chi connectivity index (χ1n) is 13.7. The van der Waals surface area contributed by atoms with Gasteiger partial charge in [-0.05, 0) is 67.0 Å². The van der Waals surface area contributed by atoms with E-state index in [9.17, 15) is 4.79 Å². The molecular formula is C29H31ClN8O2. The van der Waals surface area contributed by atoms with Crippen LogP contribution in [0.15, 0.2) is 53.4 Å². The van der Waals surface area contributed by atoms with Gasteiger partial charge in [-0.1, -0.05) is 23.7 Å². The number of benzene rings is 1. The van der Waals surface area contributed by atoms with E-state index >= 15 is 0 Å². The Morgan fingerprint density at radius 2 is 1.98 bits per heavy atom. The number of carbonyl (C=O) groups is 1. The van der Waals surface area contributed by atoms with Gasteiger partial charge in [0.15, 0.2) is 11.6 Å². The van der Waals surface area contributed by atoms with Crippen LogP contribution in [0.5, 0.6) is 0 Å². The largest absolute Gasteiger partial charge is 0.359 e. The molecule has 4 aromatic rings. The minimum atomic E-state index is 0.0318. The average Bonchev–Trinajstić information content (AvgIpc) is 3.45. The Morgan fingerprint density at radius 3 is 2.80 bits per heavy atom. The molecule has 206 valence electrons. The number of amides is 1. The summed E-state index contributed by atoms with van der Waals surface area (Å²) >= 11 is 6.38. The topological polar surface area (TPSA) is 121 Å². The van der Waals surface area contributed by atoms with E-state index in [4.69, 9.17) is 16.1 Å². The summed E-state index contributed by atoms with van der Waals surface area (Å²) in [4.78, 5) is 28.6. The molecule has 5 heterocycles. The van der Waals surface area contributed by atoms with Crippen LogP contribution in [0.2, 0.25) is 5.02 Å². The number of piperidine rings is 1. The molecule has 1 saturated heterocycles. The second kappa shape index (κ2) is 11.5. The van der Waals surface area contributed by atoms with Gasteiger partial charge < -0.3 is 25.4 Å². The molecule has 3 aromatic heterocycles. The van der Waals surface area contributed by atoms with E-state index in [2.05, 4.69) is 47.9 Å². The lowest BCUT2D eigenvalue weighted by Crippen LogP contribution is -2.35. The molecule has 2 aliphatic heterocycles. The number of aryl methyl sites for hydroxylation is 3. The standard InChI is InChI=1S/C29H31ClN8O2/c1-2-23-14-26(37-40-23)38-9-7-18(8-10-38)12-27(39)35-25-6-5-21-13-20(25)4-3-19-11-22(16-31-15-19)34-29-32-17-24(30)28(33-21)36-29/h5-6,11,13-18H,2-4,7-10,12H2,1H3,(H,35,39)(H2,32,33,34,36). The van der Waals surface area contributed by atoms with Gasteiger partial charge >= 0.3 is 0 Å². The Bertz CT molecular complexity index is 1520. The molecule has 1 fully saturated rings. The average molecular weight is 559 g/mol. The van der Waals surface area contributed by atoms with Crippen LogP contribution < -0.4 is 20.9 Å². The van der Waals surface area contributed by atoms with Gasteiger partial charge in [0.1, 0.15) is 10.8 Å². The Labute approximate surface area is 237 Å². The third-order valence-corrected chi connectivity index (χ3v) is 7.70. The van der Waals surface area contributed by atoms with Crippen molar-refractivity contribution >= 4 is 52.2 Å². The summed E-state index contributed by atoms with van der Waals surface area (Å²) in [6.45, 7) is 3.79. The second-order valence-electron chi connectivity index (χ2n) is 10.3. The van der Waals surface area contributed by atoms with E-state index in [1.807, 2.05) is 36.5 Å². The maximum Gasteiger partial charge on any atom is 0.229 e. The lowest BCUT2D eigenvalue weighted by molar-refractivity contribution is -0.117. The van der Waals surface area contributed by atoms with Crippen molar-refractivity contribution in [3.63, 3.8) is 0 Å². The number of hydrogen-bond donors (Lipinski definition) is 3. The molecule has 40 heavy (non-hydrogen) atoms. The minimum absolute atomic E-state index is 0.0318. The zero-order chi connectivity index (χ0) is 27.5. The van der Waals surface area contributed by atoms with Crippen molar-refractivity contribution in [1.29, 1.82) is 0 Å². The maximum atomic E-state index is 13.2. The third-order valence-electron chi connectivity index (χ3n) is 7.43. The van der Waals surface area contributed by atoms with E-state index < -0.39 is 0 Å². The van der Waals surface area contributed by atoms with Crippen LogP contribution in [0.4, 0.5) is 34.6 Å². The van der Waals surface area contributed by atoms with Gasteiger partial charge in [0, 0.05) is 49.6 Å². The highest BCUT2D eigenvalue weighted by Crippen LogP contribution is 2.30. The molecule has 6 rings (SSSR count). The first-order chi connectivity index (χ1) is 19.5. The number of fused-ring (bicyclic) bond motifs is 6. The highest BCUT2D eigenvalue weighted by Gasteiger charge is 2.24. The van der Waals surface area contributed by atoms with Gasteiger partial charge in [-0.15, -0.1) is 0 Å². The number of hydrogen-bond acceptors (Lipinski definition) is 9. The van der Waals surface area contributed by atoms with E-state index in [1.165, 1.54) is 0 Å². The summed E-state index contributed by atoms with van der Waals surface area (Å²) in [6, 6.07) is 9.95. The fraction of sp³-hybridized carbons (Fsp3) is 0.345. The van der Waals surface area contributed by atoms with Gasteiger partial charge in [0.05, 0.1) is 18.1 Å². The normalized spacial score (nSPS) is 15.2. The number of anilines is 6. The van der Waals surface area contributed by atoms with Crippen LogP contribution in [0.1, 0.15) is 43.1 Å². The first kappa shape index (κ1) is 26.1. The molecule has 0 atom stereocenters. The molecule has 6 bridgehead atoms. The number of halogens is 1. The van der Waals surface area contributed by atoms with E-state index in [-0.39, 0.29) is 5.91 Å². The molecule has 10 nitrogen and oxygen atoms in total. The molecule has 0 saturated carbocycles. The first-order valence-corrected chi connectivity index (χ1v) is 14.0. The SMILES string of the molecule is CCc1cc(N2CCC(CC(=O)Nc3ccc4cc3CCc3cncc(c3)Nc3ncc(Cl)c(n3)N4)CC2)no1. The zero-order valence-electron chi connectivity index (χ0n) is 22.3. The van der Waals surface area contributed by atoms with Crippen molar-refractivity contribution in [3.8, 4) is 0 Å². The van der Waals surface area contributed by atoms with Crippen LogP contribution >= 0.6 is 11.6 Å². The molecule has 2 aliphatic rings. The van der Waals surface area contributed by atoms with Crippen LogP contribution in [0.3, 0.4) is 0 Å². The third kappa shape index (κ3) is 6.02. The summed E-state index contributed by atoms with van der Waals surface area (Å²) in [5.74, 6) is 3.07. The molecule has 0 radical (unpaired) electrons. The van der Waals surface area contributed by atoms with Gasteiger partial charge in [-0.3, -0.25) is 9.78 Å². The van der Waals surface area contributed by atoms with E-state index in [0.29, 0.717) is 29.1 Å². The van der Waals surface area contributed by atoms with Gasteiger partial charge in [0.25, 0.3) is 0 Å². The number of rotatable bonds is 5. The molecule has 0 unspecified atom stereocenters. The summed E-state index contributed by atoms with van der Waals surface area (Å²) in [5, 5.41) is 14.3. The summed E-state index contributed by atoms with van der Waals surface area (Å²) in [6.07, 6.45) is 9.84. The van der Waals surface area contributed by atoms with Crippen molar-refractivity contribution in [1.82, 2.24) is 20.1 Å². The smallest absolute Gasteiger partial charge is 0.229 e. The Hall–Kier alpha value is -4.18. The fourth-order valence-electron chi connectivity index (χ4n) is 5.20. The summed E-state index contributed by atoms with van der Waals surface area (Å²) in [5.41, 5.74) is 4.53. The Balaban J connectivity index is 1.15. The van der Waals surface area contributed by atoms with Crippen LogP contribution in [-0.2, 0) is 24.1 Å². The molecule has 1 amide bonds. The molecule has 11 heteroatoms. The monoisotopic (exact) mass is 558 g/mol. The minimum Gasteiger partial charge on any atom is -0.359 e. The van der Waals surface area contributed by atoms with Crippen molar-refractivity contribution in [3.05, 3.63) is 70.8 Å². The van der Waals surface area contributed by atoms with Gasteiger partial charge in [0.2, 0.25) is 11.9 Å². The lowest BCUT2D eigenvalue weighted by atomic mass is 9.93. The van der Waals surface area contributed by atoms with Crippen molar-refractivity contribution in [2.45, 2.75) is 45.4 Å². The van der Waals surface area contributed by atoms with Crippen LogP contribution in [0, 0.1) is 5.92 Å². The van der Waals surface area contributed by atoms with Gasteiger partial charge in [-0.25, -0.2) is 4.98 Å². The highest BCUT2D eigenvalue weighted by atomic mass is 35.5. The number of aromatic nitrogens is 4. The van der Waals surface area contributed by atoms with E-state index in [0.717, 1.165) is 85.0 Å². The molecule has 3 N–H and O–H groups in total. The number of nitrogens with zero attached hydrogens (tertiary/aromatic N) is 5. The number of carbonyl (C=O) groups excluding carboxylic acids is 1. The van der Waals surface area contributed by atoms with Crippen molar-refractivity contribution in [2.24, 2.45) is 5.92 Å². The second-order valence-corrected chi connectivity index (χ2v) is 10.7. The number of pyridine rings is 1. The van der Waals surface area contributed by atoms with Crippen molar-refractivity contribution < 1.29 is 9.32 Å². The quantitative estimate of drug-likeness (QED) is 0.274. The Morgan fingerprint density at radius 1 is 1.10 bits per heavy atom. The fourth-order valence-corrected chi connectivity index (χ4v) is 5.34. The Kier molecular flexibility index (Phi) is 7.50. The predicted octanol–water partition coefficient (Wildman–Crippen LogP) is 5.91. The van der Waals surface area contributed by atoms with Crippen LogP contribution in [0.25, 0.3) is 0 Å². The number of nitrogens with one attached hydrogen (secondary N) is 3. The molecule has 0 spiro atoms.